The van der Waals surface area contributed by atoms with Crippen molar-refractivity contribution in [1.82, 2.24) is 19.7 Å². The van der Waals surface area contributed by atoms with Crippen LogP contribution in [0.3, 0.4) is 0 Å². The van der Waals surface area contributed by atoms with E-state index >= 15 is 0 Å². The number of anilines is 1. The fourth-order valence-electron chi connectivity index (χ4n) is 5.51. The van der Waals surface area contributed by atoms with Crippen molar-refractivity contribution < 1.29 is 24.2 Å². The number of benzene rings is 2. The Labute approximate surface area is 234 Å². The molecule has 40 heavy (non-hydrogen) atoms. The number of methoxy groups -OCH3 is 1. The summed E-state index contributed by atoms with van der Waals surface area (Å²) >= 11 is 0. The number of β-amino-alcohol motifs (C(OH)–C–C–N with tert-alkyl or cyclic N) is 1. The smallest absolute Gasteiger partial charge is 0.318 e. The van der Waals surface area contributed by atoms with Gasteiger partial charge in [-0.1, -0.05) is 0 Å². The molecule has 1 fully saturated rings. The summed E-state index contributed by atoms with van der Waals surface area (Å²) in [5.74, 6) is 1.24. The zero-order chi connectivity index (χ0) is 28.2. The number of aromatic nitrogens is 1. The molecule has 1 aromatic heterocycles. The lowest BCUT2D eigenvalue weighted by Gasteiger charge is -2.34. The summed E-state index contributed by atoms with van der Waals surface area (Å²) in [5.41, 5.74) is 3.99. The monoisotopic (exact) mass is 547 g/mol. The van der Waals surface area contributed by atoms with Crippen molar-refractivity contribution in [3.8, 4) is 11.5 Å². The van der Waals surface area contributed by atoms with Gasteiger partial charge in [0.2, 0.25) is 5.78 Å². The molecule has 2 aromatic carbocycles. The number of urea groups is 1. The van der Waals surface area contributed by atoms with Crippen LogP contribution in [0.2, 0.25) is 0 Å². The summed E-state index contributed by atoms with van der Waals surface area (Å²) in [7, 11) is 3.18. The fourth-order valence-corrected chi connectivity index (χ4v) is 5.51. The largest absolute Gasteiger partial charge is 0.497 e. The molecule has 0 aliphatic carbocycles. The van der Waals surface area contributed by atoms with E-state index < -0.39 is 0 Å². The summed E-state index contributed by atoms with van der Waals surface area (Å²) in [6, 6.07) is 10.7. The van der Waals surface area contributed by atoms with Gasteiger partial charge in [0.25, 0.3) is 0 Å². The Balaban J connectivity index is 1.37. The molecule has 0 radical (unpaired) electrons. The standard InChI is InChI=1S/C30H37N5O5/c1-20-23(19-28-29(37)25-17-21(32-30(38)31-2)5-8-27(25)40-28)24-18-22(39-3)6-7-26(24)35(20)10-4-9-33-11-13-34(14-12-33)15-16-36/h5-8,17-19,36H,4,9-16H2,1-3H3,(H2,31,32,38)/b28-19-. The maximum atomic E-state index is 13.3. The summed E-state index contributed by atoms with van der Waals surface area (Å²) in [4.78, 5) is 29.8. The summed E-state index contributed by atoms with van der Waals surface area (Å²) in [6.45, 7) is 8.88. The Morgan fingerprint density at radius 2 is 1.82 bits per heavy atom. The highest BCUT2D eigenvalue weighted by Gasteiger charge is 2.29. The first-order valence-corrected chi connectivity index (χ1v) is 13.7. The maximum Gasteiger partial charge on any atom is 0.318 e. The highest BCUT2D eigenvalue weighted by Crippen LogP contribution is 2.37. The number of piperazine rings is 1. The van der Waals surface area contributed by atoms with E-state index in [1.165, 1.54) is 7.05 Å². The quantitative estimate of drug-likeness (QED) is 0.353. The number of nitrogens with zero attached hydrogens (tertiary/aromatic N) is 3. The van der Waals surface area contributed by atoms with Crippen LogP contribution in [0.1, 0.15) is 28.0 Å². The van der Waals surface area contributed by atoms with Gasteiger partial charge in [0.15, 0.2) is 5.76 Å². The lowest BCUT2D eigenvalue weighted by Crippen LogP contribution is -2.47. The molecule has 10 nitrogen and oxygen atoms in total. The molecular formula is C30H37N5O5. The number of aryl methyl sites for hydroxylation is 1. The zero-order valence-electron chi connectivity index (χ0n) is 23.3. The second-order valence-corrected chi connectivity index (χ2v) is 10.1. The SMILES string of the molecule is CNC(=O)Nc1ccc2c(c1)C(=O)/C(=C/c1c(C)n(CCCN3CCN(CCO)CC3)c3ccc(OC)cc13)O2. The number of fused-ring (bicyclic) bond motifs is 2. The van der Waals surface area contributed by atoms with Gasteiger partial charge in [-0.25, -0.2) is 4.79 Å². The molecule has 2 amide bonds. The lowest BCUT2D eigenvalue weighted by molar-refractivity contribution is 0.101. The number of allylic oxidation sites excluding steroid dienone is 1. The average molecular weight is 548 g/mol. The van der Waals surface area contributed by atoms with Gasteiger partial charge in [0.1, 0.15) is 11.5 Å². The van der Waals surface area contributed by atoms with E-state index in [4.69, 9.17) is 9.47 Å². The number of ketones is 1. The number of Topliss-reactive ketones (excluding diaryl/α,β-unsaturated/α-hetero) is 1. The highest BCUT2D eigenvalue weighted by atomic mass is 16.5. The second kappa shape index (κ2) is 12.1. The van der Waals surface area contributed by atoms with Crippen molar-refractivity contribution in [3.05, 3.63) is 59.0 Å². The van der Waals surface area contributed by atoms with E-state index in [-0.39, 0.29) is 24.2 Å². The van der Waals surface area contributed by atoms with Gasteiger partial charge in [0.05, 0.1) is 19.3 Å². The molecule has 2 aliphatic rings. The van der Waals surface area contributed by atoms with Gasteiger partial charge in [-0.05, 0) is 62.4 Å². The lowest BCUT2D eigenvalue weighted by atomic mass is 10.1. The number of carbonyl (C=O) groups is 2. The number of rotatable bonds is 9. The molecule has 3 heterocycles. The predicted octanol–water partition coefficient (Wildman–Crippen LogP) is 3.33. The molecule has 0 unspecified atom stereocenters. The van der Waals surface area contributed by atoms with Crippen LogP contribution in [0.25, 0.3) is 17.0 Å². The van der Waals surface area contributed by atoms with Crippen LogP contribution in [0.4, 0.5) is 10.5 Å². The molecule has 2 aliphatic heterocycles. The van der Waals surface area contributed by atoms with E-state index in [9.17, 15) is 14.7 Å². The number of amides is 2. The number of hydrogen-bond donors (Lipinski definition) is 3. The van der Waals surface area contributed by atoms with E-state index in [0.29, 0.717) is 17.0 Å². The molecular weight excluding hydrogens is 510 g/mol. The van der Waals surface area contributed by atoms with Gasteiger partial charge in [-0.2, -0.15) is 0 Å². The van der Waals surface area contributed by atoms with Gasteiger partial charge < -0.3 is 34.7 Å². The minimum absolute atomic E-state index is 0.210. The molecule has 0 saturated carbocycles. The van der Waals surface area contributed by atoms with Crippen LogP contribution in [-0.4, -0.2) is 91.3 Å². The highest BCUT2D eigenvalue weighted by molar-refractivity contribution is 6.16. The number of carbonyl (C=O) groups excluding carboxylic acids is 2. The molecule has 1 saturated heterocycles. The fraction of sp³-hybridized carbons (Fsp3) is 0.400. The number of ether oxygens (including phenoxy) is 2. The Kier molecular flexibility index (Phi) is 8.39. The summed E-state index contributed by atoms with van der Waals surface area (Å²) in [6.07, 6.45) is 2.82. The second-order valence-electron chi connectivity index (χ2n) is 10.1. The maximum absolute atomic E-state index is 13.3. The minimum Gasteiger partial charge on any atom is -0.497 e. The van der Waals surface area contributed by atoms with Crippen LogP contribution < -0.4 is 20.1 Å². The molecule has 5 rings (SSSR count). The Bertz CT molecular complexity index is 1440. The van der Waals surface area contributed by atoms with Crippen LogP contribution in [0.15, 0.2) is 42.2 Å². The third-order valence-corrected chi connectivity index (χ3v) is 7.74. The molecule has 0 spiro atoms. The first-order chi connectivity index (χ1) is 19.4. The van der Waals surface area contributed by atoms with Gasteiger partial charge in [0, 0.05) is 74.2 Å². The van der Waals surface area contributed by atoms with E-state index in [1.807, 2.05) is 18.2 Å². The summed E-state index contributed by atoms with van der Waals surface area (Å²) < 4.78 is 13.8. The van der Waals surface area contributed by atoms with E-state index in [0.717, 1.165) is 80.1 Å². The van der Waals surface area contributed by atoms with Crippen LogP contribution >= 0.6 is 0 Å². The van der Waals surface area contributed by atoms with Crippen molar-refractivity contribution >= 4 is 34.5 Å². The normalized spacial score (nSPS) is 16.8. The number of aliphatic hydroxyl groups is 1. The van der Waals surface area contributed by atoms with Crippen molar-refractivity contribution in [2.45, 2.75) is 19.9 Å². The van der Waals surface area contributed by atoms with Crippen molar-refractivity contribution in [1.29, 1.82) is 0 Å². The molecule has 3 N–H and O–H groups in total. The first kappa shape index (κ1) is 27.7. The van der Waals surface area contributed by atoms with Crippen LogP contribution in [0, 0.1) is 6.92 Å². The number of aliphatic hydroxyl groups excluding tert-OH is 1. The zero-order valence-corrected chi connectivity index (χ0v) is 23.3. The van der Waals surface area contributed by atoms with Crippen LogP contribution in [-0.2, 0) is 6.54 Å². The third-order valence-electron chi connectivity index (χ3n) is 7.74. The number of hydrogen-bond acceptors (Lipinski definition) is 7. The van der Waals surface area contributed by atoms with Crippen molar-refractivity contribution in [3.63, 3.8) is 0 Å². The molecule has 0 atom stereocenters. The number of nitrogens with one attached hydrogen (secondary N) is 2. The predicted molar refractivity (Wildman–Crippen MR) is 155 cm³/mol. The minimum atomic E-state index is -0.358. The van der Waals surface area contributed by atoms with Crippen molar-refractivity contribution in [2.24, 2.45) is 0 Å². The van der Waals surface area contributed by atoms with Gasteiger partial charge in [-0.15, -0.1) is 0 Å². The van der Waals surface area contributed by atoms with Gasteiger partial charge >= 0.3 is 6.03 Å². The molecule has 3 aromatic rings. The molecule has 0 bridgehead atoms. The summed E-state index contributed by atoms with van der Waals surface area (Å²) in [5, 5.41) is 15.4. The molecule has 212 valence electrons. The Morgan fingerprint density at radius 1 is 1.07 bits per heavy atom. The van der Waals surface area contributed by atoms with Crippen LogP contribution in [0.5, 0.6) is 11.5 Å². The Hall–Kier alpha value is -3.86. The van der Waals surface area contributed by atoms with Gasteiger partial charge in [-0.3, -0.25) is 9.69 Å². The van der Waals surface area contributed by atoms with Crippen molar-refractivity contribution in [2.75, 3.05) is 65.3 Å². The average Bonchev–Trinajstić information content (AvgIpc) is 3.42. The third kappa shape index (κ3) is 5.70. The first-order valence-electron chi connectivity index (χ1n) is 13.7. The topological polar surface area (TPSA) is 108 Å². The Morgan fingerprint density at radius 3 is 2.52 bits per heavy atom. The molecule has 10 heteroatoms. The van der Waals surface area contributed by atoms with E-state index in [1.54, 1.807) is 25.3 Å². The van der Waals surface area contributed by atoms with E-state index in [2.05, 4.69) is 38.0 Å².